The van der Waals surface area contributed by atoms with Crippen molar-refractivity contribution in [3.05, 3.63) is 64.0 Å². The van der Waals surface area contributed by atoms with Crippen LogP contribution in [-0.2, 0) is 26.8 Å². The van der Waals surface area contributed by atoms with Gasteiger partial charge in [-0.05, 0) is 12.1 Å². The Bertz CT molecular complexity index is 1360. The van der Waals surface area contributed by atoms with Crippen LogP contribution in [0, 0.1) is 11.3 Å². The number of alkyl halides is 3. The number of fused-ring (bicyclic) bond motifs is 1. The van der Waals surface area contributed by atoms with E-state index in [1.54, 1.807) is 38.5 Å². The van der Waals surface area contributed by atoms with Gasteiger partial charge in [0.15, 0.2) is 26.5 Å². The smallest absolute Gasteiger partial charge is 0.485 e. The summed E-state index contributed by atoms with van der Waals surface area (Å²) in [7, 11) is -3.21. The minimum Gasteiger partial charge on any atom is -0.741 e. The molecule has 13 heteroatoms. The molecule has 182 valence electrons. The van der Waals surface area contributed by atoms with Gasteiger partial charge in [-0.25, -0.2) is 13.2 Å². The SMILES string of the molecule is COc1cc2oc(=O)cc([S+](C)Cc3ccc(C#N)cc3)c2cc1OC.O=S(=O)([O-])C(F)(F)F. The van der Waals surface area contributed by atoms with E-state index in [0.29, 0.717) is 22.6 Å². The number of halogens is 3. The molecule has 0 amide bonds. The molecule has 0 saturated heterocycles. The molecule has 0 saturated carbocycles. The highest BCUT2D eigenvalue weighted by molar-refractivity contribution is 7.95. The van der Waals surface area contributed by atoms with Crippen LogP contribution < -0.4 is 15.1 Å². The van der Waals surface area contributed by atoms with Crippen molar-refractivity contribution in [3.8, 4) is 17.6 Å². The molecule has 34 heavy (non-hydrogen) atoms. The zero-order valence-electron chi connectivity index (χ0n) is 18.0. The third-order valence-corrected chi connectivity index (χ3v) is 6.76. The Kier molecular flexibility index (Phi) is 8.60. The maximum absolute atomic E-state index is 12.0. The molecule has 0 radical (unpaired) electrons. The van der Waals surface area contributed by atoms with E-state index in [1.807, 2.05) is 18.2 Å². The van der Waals surface area contributed by atoms with Gasteiger partial charge in [-0.1, -0.05) is 12.1 Å². The van der Waals surface area contributed by atoms with Crippen molar-refractivity contribution in [1.82, 2.24) is 0 Å². The van der Waals surface area contributed by atoms with E-state index in [-0.39, 0.29) is 16.5 Å². The number of hydrogen-bond donors (Lipinski definition) is 0. The standard InChI is InChI=1S/C20H18NO4S.CHF3O3S/c1-23-17-8-15-16(9-18(17)24-2)25-20(22)10-19(15)26(3)12-14-6-4-13(11-21)5-7-14;2-1(3,4)8(5,6)7/h4-10H,12H2,1-3H3;(H,5,6,7)/q+1;/p-1. The Morgan fingerprint density at radius 2 is 1.62 bits per heavy atom. The van der Waals surface area contributed by atoms with Gasteiger partial charge in [0.05, 0.1) is 37.3 Å². The number of nitrogens with zero attached hydrogens (tertiary/aromatic N) is 1. The van der Waals surface area contributed by atoms with E-state index in [0.717, 1.165) is 21.6 Å². The molecule has 1 heterocycles. The van der Waals surface area contributed by atoms with Crippen LogP contribution in [0.15, 0.2) is 56.6 Å². The topological polar surface area (TPSA) is 130 Å². The fourth-order valence-corrected chi connectivity index (χ4v) is 4.43. The van der Waals surface area contributed by atoms with Gasteiger partial charge in [-0.15, -0.1) is 0 Å². The molecule has 2 aromatic carbocycles. The van der Waals surface area contributed by atoms with Gasteiger partial charge in [0.1, 0.15) is 17.6 Å². The van der Waals surface area contributed by atoms with Crippen LogP contribution in [0.25, 0.3) is 11.0 Å². The van der Waals surface area contributed by atoms with Crippen LogP contribution >= 0.6 is 0 Å². The number of ether oxygens (including phenoxy) is 2. The number of rotatable bonds is 5. The van der Waals surface area contributed by atoms with Crippen molar-refractivity contribution in [2.24, 2.45) is 0 Å². The summed E-state index contributed by atoms with van der Waals surface area (Å²) in [5.74, 6) is 1.87. The summed E-state index contributed by atoms with van der Waals surface area (Å²) >= 11 is 0. The van der Waals surface area contributed by atoms with Crippen molar-refractivity contribution < 1.29 is 40.0 Å². The summed E-state index contributed by atoms with van der Waals surface area (Å²) in [6, 6.07) is 14.7. The van der Waals surface area contributed by atoms with Gasteiger partial charge in [-0.2, -0.15) is 18.4 Å². The van der Waals surface area contributed by atoms with Gasteiger partial charge in [-0.3, -0.25) is 0 Å². The van der Waals surface area contributed by atoms with E-state index < -0.39 is 15.6 Å². The van der Waals surface area contributed by atoms with Crippen molar-refractivity contribution in [1.29, 1.82) is 5.26 Å². The molecule has 8 nitrogen and oxygen atoms in total. The van der Waals surface area contributed by atoms with Crippen LogP contribution in [0.2, 0.25) is 0 Å². The quantitative estimate of drug-likeness (QED) is 0.217. The Labute approximate surface area is 195 Å². The fraction of sp³-hybridized carbons (Fsp3) is 0.238. The molecule has 1 atom stereocenters. The summed E-state index contributed by atoms with van der Waals surface area (Å²) < 4.78 is 74.9. The summed E-state index contributed by atoms with van der Waals surface area (Å²) in [4.78, 5) is 12.9. The molecule has 0 aliphatic heterocycles. The lowest BCUT2D eigenvalue weighted by Crippen LogP contribution is -2.21. The second-order valence-electron chi connectivity index (χ2n) is 6.62. The second-order valence-corrected chi connectivity index (χ2v) is 10.00. The average Bonchev–Trinajstić information content (AvgIpc) is 2.77. The van der Waals surface area contributed by atoms with E-state index >= 15 is 0 Å². The molecule has 0 N–H and O–H groups in total. The minimum atomic E-state index is -6.09. The minimum absolute atomic E-state index is 0.236. The van der Waals surface area contributed by atoms with E-state index in [2.05, 4.69) is 12.3 Å². The molecule has 0 aliphatic carbocycles. The zero-order valence-corrected chi connectivity index (χ0v) is 19.6. The molecule has 3 aromatic rings. The van der Waals surface area contributed by atoms with Crippen LogP contribution in [0.3, 0.4) is 0 Å². The normalized spacial score (nSPS) is 12.3. The first-order valence-electron chi connectivity index (χ1n) is 9.14. The summed E-state index contributed by atoms with van der Waals surface area (Å²) in [5.41, 5.74) is -3.82. The molecule has 1 aromatic heterocycles. The summed E-state index contributed by atoms with van der Waals surface area (Å²) in [5, 5.41) is 9.75. The average molecular weight is 518 g/mol. The Morgan fingerprint density at radius 3 is 2.09 bits per heavy atom. The van der Waals surface area contributed by atoms with E-state index in [4.69, 9.17) is 32.1 Å². The van der Waals surface area contributed by atoms with Gasteiger partial charge in [0.25, 0.3) is 0 Å². The predicted octanol–water partition coefficient (Wildman–Crippen LogP) is 3.54. The highest BCUT2D eigenvalue weighted by Crippen LogP contribution is 2.35. The molecule has 1 unspecified atom stereocenters. The van der Waals surface area contributed by atoms with Crippen molar-refractivity contribution in [2.45, 2.75) is 16.2 Å². The third-order valence-electron chi connectivity index (χ3n) is 4.34. The van der Waals surface area contributed by atoms with Gasteiger partial charge < -0.3 is 18.4 Å². The number of nitriles is 1. The predicted molar refractivity (Wildman–Crippen MR) is 118 cm³/mol. The fourth-order valence-electron chi connectivity index (χ4n) is 2.75. The molecule has 0 fully saturated rings. The van der Waals surface area contributed by atoms with Crippen molar-refractivity contribution in [2.75, 3.05) is 20.5 Å². The lowest BCUT2D eigenvalue weighted by atomic mass is 10.2. The first-order valence-corrected chi connectivity index (χ1v) is 12.4. The van der Waals surface area contributed by atoms with Crippen LogP contribution in [0.4, 0.5) is 13.2 Å². The van der Waals surface area contributed by atoms with Crippen molar-refractivity contribution in [3.63, 3.8) is 0 Å². The number of benzene rings is 2. The highest BCUT2D eigenvalue weighted by atomic mass is 32.2. The Hall–Kier alpha value is -3.21. The molecule has 0 spiro atoms. The second kappa shape index (κ2) is 10.8. The first-order chi connectivity index (χ1) is 15.8. The summed E-state index contributed by atoms with van der Waals surface area (Å²) in [6.07, 6.45) is 2.09. The largest absolute Gasteiger partial charge is 0.741 e. The third kappa shape index (κ3) is 6.66. The van der Waals surface area contributed by atoms with Crippen LogP contribution in [-0.4, -0.2) is 39.0 Å². The maximum atomic E-state index is 12.0. The van der Waals surface area contributed by atoms with E-state index in [9.17, 15) is 18.0 Å². The van der Waals surface area contributed by atoms with Crippen LogP contribution in [0.5, 0.6) is 11.5 Å². The Morgan fingerprint density at radius 1 is 1.09 bits per heavy atom. The molecule has 0 aliphatic rings. The Balaban J connectivity index is 0.000000440. The first kappa shape index (κ1) is 27.0. The highest BCUT2D eigenvalue weighted by Gasteiger charge is 2.36. The molecule has 3 rings (SSSR count). The lowest BCUT2D eigenvalue weighted by molar-refractivity contribution is -0.0517. The lowest BCUT2D eigenvalue weighted by Gasteiger charge is -2.10. The summed E-state index contributed by atoms with van der Waals surface area (Å²) in [6.45, 7) is 0. The molecule has 0 bridgehead atoms. The maximum Gasteiger partial charge on any atom is 0.485 e. The van der Waals surface area contributed by atoms with Gasteiger partial charge in [0, 0.05) is 28.6 Å². The van der Waals surface area contributed by atoms with Crippen molar-refractivity contribution >= 4 is 32.0 Å². The van der Waals surface area contributed by atoms with E-state index in [1.165, 1.54) is 0 Å². The zero-order chi connectivity index (χ0) is 25.7. The van der Waals surface area contributed by atoms with Gasteiger partial charge >= 0.3 is 11.1 Å². The monoisotopic (exact) mass is 517 g/mol. The van der Waals surface area contributed by atoms with Crippen LogP contribution in [0.1, 0.15) is 11.1 Å². The number of hydrogen-bond acceptors (Lipinski definition) is 8. The molecular weight excluding hydrogens is 499 g/mol. The number of methoxy groups -OCH3 is 2. The molecular formula is C21H18F3NO7S2. The van der Waals surface area contributed by atoms with Gasteiger partial charge in [0.2, 0.25) is 0 Å².